The molecule has 0 bridgehead atoms. The van der Waals surface area contributed by atoms with Crippen molar-refractivity contribution in [1.29, 1.82) is 0 Å². The minimum absolute atomic E-state index is 0.0849. The van der Waals surface area contributed by atoms with Crippen LogP contribution in [0.4, 0.5) is 0 Å². The van der Waals surface area contributed by atoms with Crippen molar-refractivity contribution < 1.29 is 24.9 Å². The molecule has 0 aromatic heterocycles. The van der Waals surface area contributed by atoms with E-state index in [-0.39, 0.29) is 41.5 Å². The van der Waals surface area contributed by atoms with E-state index in [1.54, 1.807) is 18.7 Å². The molecule has 6 N–H and O–H groups in total. The van der Waals surface area contributed by atoms with Crippen LogP contribution >= 0.6 is 11.8 Å². The number of thioether (sulfide) groups is 1. The molecule has 2 saturated heterocycles. The lowest BCUT2D eigenvalue weighted by molar-refractivity contribution is -0.163. The maximum atomic E-state index is 12.4. The van der Waals surface area contributed by atoms with Gasteiger partial charge in [-0.15, -0.1) is 11.8 Å². The van der Waals surface area contributed by atoms with Crippen molar-refractivity contribution in [2.45, 2.75) is 56.5 Å². The monoisotopic (exact) mass is 413 g/mol. The van der Waals surface area contributed by atoms with Gasteiger partial charge in [-0.25, -0.2) is 4.79 Å². The van der Waals surface area contributed by atoms with Gasteiger partial charge in [0, 0.05) is 35.3 Å². The summed E-state index contributed by atoms with van der Waals surface area (Å²) in [6.45, 7) is 4.99. The van der Waals surface area contributed by atoms with Crippen molar-refractivity contribution in [3.63, 3.8) is 0 Å². The molecule has 28 heavy (non-hydrogen) atoms. The Hall–Kier alpha value is -1.13. The van der Waals surface area contributed by atoms with Crippen molar-refractivity contribution in [3.05, 3.63) is 10.6 Å². The molecule has 3 aliphatic heterocycles. The lowest BCUT2D eigenvalue weighted by Gasteiger charge is -2.46. The molecular weight excluding hydrogens is 382 g/mol. The third kappa shape index (κ3) is 3.70. The van der Waals surface area contributed by atoms with Crippen molar-refractivity contribution in [3.8, 4) is 0 Å². The Kier molecular flexibility index (Phi) is 6.71. The summed E-state index contributed by atoms with van der Waals surface area (Å²) in [6.07, 6.45) is 1.63. The van der Waals surface area contributed by atoms with Crippen molar-refractivity contribution >= 4 is 23.6 Å². The molecule has 0 radical (unpaired) electrons. The standard InChI is InChI=1S/C19H31N3O5S/c1-9-15-14(10(2)24)18(25)22(15)16(19(26)27)17(9)28-12-7-13(21-8-12)11(3-5-20)4-6-23/h9-15,21,23-24H,3-8,20H2,1-2H3,(H,26,27)/t9-,10-,11?,12+,13+,14-,15-/m1/s1. The summed E-state index contributed by atoms with van der Waals surface area (Å²) in [5.41, 5.74) is 5.79. The van der Waals surface area contributed by atoms with Gasteiger partial charge in [-0.2, -0.15) is 0 Å². The number of nitrogens with zero attached hydrogens (tertiary/aromatic N) is 1. The normalized spacial score (nSPS) is 34.4. The molecule has 0 aromatic carbocycles. The first-order chi connectivity index (χ1) is 13.3. The van der Waals surface area contributed by atoms with Crippen LogP contribution in [0.1, 0.15) is 33.1 Å². The average molecular weight is 414 g/mol. The number of hydrogen-bond acceptors (Lipinski definition) is 7. The number of aliphatic carboxylic acids is 1. The molecule has 0 aromatic rings. The fourth-order valence-electron chi connectivity index (χ4n) is 4.97. The lowest BCUT2D eigenvalue weighted by atomic mass is 9.79. The van der Waals surface area contributed by atoms with E-state index in [2.05, 4.69) is 5.32 Å². The Bertz CT molecular complexity index is 649. The second-order valence-corrected chi connectivity index (χ2v) is 9.45. The number of aliphatic hydroxyl groups is 2. The number of nitrogens with one attached hydrogen (secondary N) is 1. The number of hydrogen-bond donors (Lipinski definition) is 5. The molecule has 1 amide bonds. The Balaban J connectivity index is 1.73. The molecular formula is C19H31N3O5S. The molecule has 3 aliphatic rings. The molecule has 8 nitrogen and oxygen atoms in total. The third-order valence-electron chi connectivity index (χ3n) is 6.34. The van der Waals surface area contributed by atoms with Gasteiger partial charge in [0.25, 0.3) is 0 Å². The Morgan fingerprint density at radius 3 is 2.71 bits per heavy atom. The second-order valence-electron chi connectivity index (χ2n) is 8.11. The number of carbonyl (C=O) groups is 2. The van der Waals surface area contributed by atoms with E-state index in [1.165, 1.54) is 4.90 Å². The van der Waals surface area contributed by atoms with Gasteiger partial charge in [-0.05, 0) is 38.6 Å². The summed E-state index contributed by atoms with van der Waals surface area (Å²) < 4.78 is 0. The van der Waals surface area contributed by atoms with Crippen LogP contribution in [0, 0.1) is 17.8 Å². The van der Waals surface area contributed by atoms with Gasteiger partial charge in [-0.3, -0.25) is 4.79 Å². The summed E-state index contributed by atoms with van der Waals surface area (Å²) in [4.78, 5) is 26.4. The highest BCUT2D eigenvalue weighted by Gasteiger charge is 2.60. The maximum absolute atomic E-state index is 12.4. The molecule has 7 atom stereocenters. The summed E-state index contributed by atoms with van der Waals surface area (Å²) in [5.74, 6) is -1.72. The first-order valence-corrected chi connectivity index (χ1v) is 10.9. The highest BCUT2D eigenvalue weighted by Crippen LogP contribution is 2.52. The van der Waals surface area contributed by atoms with Gasteiger partial charge in [0.1, 0.15) is 5.70 Å². The molecule has 158 valence electrons. The molecule has 1 unspecified atom stereocenters. The smallest absolute Gasteiger partial charge is 0.353 e. The van der Waals surface area contributed by atoms with Gasteiger partial charge >= 0.3 is 5.97 Å². The zero-order valence-electron chi connectivity index (χ0n) is 16.4. The van der Waals surface area contributed by atoms with Crippen molar-refractivity contribution in [2.24, 2.45) is 23.5 Å². The summed E-state index contributed by atoms with van der Waals surface area (Å²) in [5, 5.41) is 32.7. The number of carboxylic acid groups (broad SMARTS) is 1. The van der Waals surface area contributed by atoms with Gasteiger partial charge in [-0.1, -0.05) is 6.92 Å². The molecule has 3 rings (SSSR count). The number of aliphatic hydroxyl groups excluding tert-OH is 2. The molecule has 9 heteroatoms. The zero-order valence-corrected chi connectivity index (χ0v) is 17.2. The summed E-state index contributed by atoms with van der Waals surface area (Å²) in [6, 6.07) is -0.0201. The van der Waals surface area contributed by atoms with Crippen LogP contribution in [0.25, 0.3) is 0 Å². The lowest BCUT2D eigenvalue weighted by Crippen LogP contribution is -2.63. The van der Waals surface area contributed by atoms with E-state index >= 15 is 0 Å². The third-order valence-corrected chi connectivity index (χ3v) is 7.85. The first-order valence-electron chi connectivity index (χ1n) is 10.0. The Morgan fingerprint density at radius 2 is 2.14 bits per heavy atom. The molecule has 0 aliphatic carbocycles. The SMILES string of the molecule is C[C@@H](O)[C@H]1C(=O)N2C(C(=O)O)=C(S[C@@H]3CN[C@H](C(CCN)CCO)C3)[C@H](C)[C@H]12. The summed E-state index contributed by atoms with van der Waals surface area (Å²) >= 11 is 1.55. The number of β-lactam (4-membered cyclic amide) rings is 1. The zero-order chi connectivity index (χ0) is 20.6. The number of amides is 1. The predicted octanol–water partition coefficient (Wildman–Crippen LogP) is -0.0488. The second kappa shape index (κ2) is 8.71. The van der Waals surface area contributed by atoms with Crippen LogP contribution in [0.3, 0.4) is 0 Å². The number of fused-ring (bicyclic) bond motifs is 1. The quantitative estimate of drug-likeness (QED) is 0.332. The van der Waals surface area contributed by atoms with Crippen LogP contribution in [-0.2, 0) is 9.59 Å². The fraction of sp³-hybridized carbons (Fsp3) is 0.789. The molecule has 0 spiro atoms. The van der Waals surface area contributed by atoms with Crippen LogP contribution < -0.4 is 11.1 Å². The number of nitrogens with two attached hydrogens (primary N) is 1. The number of carboxylic acids is 1. The first kappa shape index (κ1) is 21.6. The fourth-order valence-corrected chi connectivity index (χ4v) is 6.46. The van der Waals surface area contributed by atoms with E-state index < -0.39 is 18.0 Å². The van der Waals surface area contributed by atoms with E-state index in [9.17, 15) is 24.9 Å². The predicted molar refractivity (Wildman–Crippen MR) is 106 cm³/mol. The van der Waals surface area contributed by atoms with Crippen LogP contribution in [0.5, 0.6) is 0 Å². The minimum Gasteiger partial charge on any atom is -0.477 e. The van der Waals surface area contributed by atoms with Crippen LogP contribution in [0.15, 0.2) is 10.6 Å². The van der Waals surface area contributed by atoms with E-state index in [1.807, 2.05) is 6.92 Å². The molecule has 0 saturated carbocycles. The van der Waals surface area contributed by atoms with E-state index in [0.29, 0.717) is 18.9 Å². The van der Waals surface area contributed by atoms with Crippen LogP contribution in [-0.4, -0.2) is 75.2 Å². The van der Waals surface area contributed by atoms with Crippen molar-refractivity contribution in [1.82, 2.24) is 10.2 Å². The van der Waals surface area contributed by atoms with Crippen molar-refractivity contribution in [2.75, 3.05) is 19.7 Å². The topological polar surface area (TPSA) is 136 Å². The van der Waals surface area contributed by atoms with E-state index in [0.717, 1.165) is 24.3 Å². The summed E-state index contributed by atoms with van der Waals surface area (Å²) in [7, 11) is 0. The van der Waals surface area contributed by atoms with Gasteiger partial charge in [0.2, 0.25) is 5.91 Å². The van der Waals surface area contributed by atoms with Crippen LogP contribution in [0.2, 0.25) is 0 Å². The highest BCUT2D eigenvalue weighted by atomic mass is 32.2. The number of carbonyl (C=O) groups excluding carboxylic acids is 1. The van der Waals surface area contributed by atoms with Gasteiger partial charge in [0.15, 0.2) is 0 Å². The van der Waals surface area contributed by atoms with E-state index in [4.69, 9.17) is 5.73 Å². The Morgan fingerprint density at radius 1 is 1.43 bits per heavy atom. The average Bonchev–Trinajstić information content (AvgIpc) is 3.17. The minimum atomic E-state index is -1.09. The molecule has 3 heterocycles. The number of rotatable bonds is 9. The van der Waals surface area contributed by atoms with Gasteiger partial charge in [0.05, 0.1) is 18.1 Å². The largest absolute Gasteiger partial charge is 0.477 e. The van der Waals surface area contributed by atoms with Gasteiger partial charge < -0.3 is 31.3 Å². The molecule has 2 fully saturated rings. The highest BCUT2D eigenvalue weighted by molar-refractivity contribution is 8.03. The Labute approximate surface area is 169 Å². The maximum Gasteiger partial charge on any atom is 0.353 e.